The zero-order valence-electron chi connectivity index (χ0n) is 21.6. The zero-order chi connectivity index (χ0) is 25.2. The van der Waals surface area contributed by atoms with E-state index in [9.17, 15) is 14.9 Å². The van der Waals surface area contributed by atoms with Crippen molar-refractivity contribution in [1.82, 2.24) is 20.0 Å². The average Bonchev–Trinajstić information content (AvgIpc) is 2.89. The van der Waals surface area contributed by atoms with E-state index in [0.29, 0.717) is 45.4 Å². The molecule has 1 aliphatic carbocycles. The van der Waals surface area contributed by atoms with Gasteiger partial charge in [-0.25, -0.2) is 9.69 Å². The molecule has 0 bridgehead atoms. The molecule has 0 aromatic heterocycles. The molecular weight excluding hydrogens is 448 g/mol. The van der Waals surface area contributed by atoms with E-state index in [1.807, 2.05) is 20.8 Å². The molecule has 0 aromatic carbocycles. The number of guanidine groups is 1. The maximum absolute atomic E-state index is 13.7. The number of nitrogens with one attached hydrogen (secondary N) is 1. The van der Waals surface area contributed by atoms with Crippen LogP contribution in [-0.2, 0) is 14.3 Å². The van der Waals surface area contributed by atoms with Crippen molar-refractivity contribution in [2.24, 2.45) is 16.8 Å². The summed E-state index contributed by atoms with van der Waals surface area (Å²) in [5.41, 5.74) is 0. The largest absolute Gasteiger partial charge is 0.448 e. The van der Waals surface area contributed by atoms with Crippen LogP contribution in [0.2, 0.25) is 0 Å². The first-order chi connectivity index (χ1) is 17.0. The minimum Gasteiger partial charge on any atom is -0.448 e. The van der Waals surface area contributed by atoms with Crippen LogP contribution in [0.1, 0.15) is 59.3 Å². The van der Waals surface area contributed by atoms with Crippen LogP contribution in [0.5, 0.6) is 0 Å². The van der Waals surface area contributed by atoms with E-state index >= 15 is 0 Å². The highest BCUT2D eigenvalue weighted by Gasteiger charge is 2.41. The van der Waals surface area contributed by atoms with Crippen LogP contribution in [0.15, 0.2) is 4.99 Å². The van der Waals surface area contributed by atoms with E-state index < -0.39 is 6.09 Å². The van der Waals surface area contributed by atoms with Crippen LogP contribution < -0.4 is 5.32 Å². The van der Waals surface area contributed by atoms with Gasteiger partial charge in [-0.1, -0.05) is 26.7 Å². The van der Waals surface area contributed by atoms with Gasteiger partial charge in [0, 0.05) is 31.7 Å². The fraction of sp³-hybridized carbons (Fsp3) is 0.840. The number of nitrogens with zero attached hydrogens (tertiary/aromatic N) is 5. The van der Waals surface area contributed by atoms with Crippen molar-refractivity contribution < 1.29 is 19.1 Å². The van der Waals surface area contributed by atoms with Gasteiger partial charge in [0.05, 0.1) is 25.7 Å². The Morgan fingerprint density at radius 3 is 2.49 bits per heavy atom. The van der Waals surface area contributed by atoms with Gasteiger partial charge in [0.1, 0.15) is 0 Å². The van der Waals surface area contributed by atoms with Crippen molar-refractivity contribution >= 4 is 18.0 Å². The fourth-order valence-electron chi connectivity index (χ4n) is 5.28. The molecule has 3 aliphatic rings. The Balaban J connectivity index is 1.87. The second-order valence-electron chi connectivity index (χ2n) is 10.0. The molecule has 2 amide bonds. The van der Waals surface area contributed by atoms with Crippen molar-refractivity contribution in [3.05, 3.63) is 0 Å². The summed E-state index contributed by atoms with van der Waals surface area (Å²) in [5, 5.41) is 13.2. The minimum atomic E-state index is -0.606. The molecule has 3 fully saturated rings. The average molecular weight is 491 g/mol. The van der Waals surface area contributed by atoms with Gasteiger partial charge in [0.15, 0.2) is 6.19 Å². The van der Waals surface area contributed by atoms with Crippen molar-refractivity contribution in [3.8, 4) is 6.19 Å². The molecule has 0 aromatic rings. The molecule has 0 spiro atoms. The quantitative estimate of drug-likeness (QED) is 0.262. The maximum Gasteiger partial charge on any atom is 0.436 e. The Morgan fingerprint density at radius 2 is 1.86 bits per heavy atom. The van der Waals surface area contributed by atoms with Crippen LogP contribution in [-0.4, -0.2) is 97.3 Å². The van der Waals surface area contributed by atoms with Crippen LogP contribution in [0.25, 0.3) is 0 Å². The molecule has 1 saturated carbocycles. The Kier molecular flexibility index (Phi) is 10.6. The third-order valence-electron chi connectivity index (χ3n) is 7.09. The Morgan fingerprint density at radius 1 is 1.17 bits per heavy atom. The minimum absolute atomic E-state index is 0.0511. The summed E-state index contributed by atoms with van der Waals surface area (Å²) in [6.07, 6.45) is 6.68. The first kappa shape index (κ1) is 27.2. The zero-order valence-corrected chi connectivity index (χ0v) is 21.6. The smallest absolute Gasteiger partial charge is 0.436 e. The lowest BCUT2D eigenvalue weighted by Gasteiger charge is -2.44. The van der Waals surface area contributed by atoms with Crippen molar-refractivity contribution in [2.45, 2.75) is 71.4 Å². The summed E-state index contributed by atoms with van der Waals surface area (Å²) in [6, 6.07) is -0.178. The van der Waals surface area contributed by atoms with E-state index in [0.717, 1.165) is 51.6 Å². The molecule has 2 unspecified atom stereocenters. The Bertz CT molecular complexity index is 770. The highest BCUT2D eigenvalue weighted by Crippen LogP contribution is 2.32. The second kappa shape index (κ2) is 13.6. The van der Waals surface area contributed by atoms with Gasteiger partial charge in [-0.3, -0.25) is 4.79 Å². The monoisotopic (exact) mass is 490 g/mol. The predicted octanol–water partition coefficient (Wildman–Crippen LogP) is 2.41. The summed E-state index contributed by atoms with van der Waals surface area (Å²) in [6.45, 7) is 10.9. The Labute approximate surface area is 209 Å². The first-order valence-electron chi connectivity index (χ1n) is 13.2. The Hall–Kier alpha value is -2.38. The van der Waals surface area contributed by atoms with Crippen LogP contribution in [0, 0.1) is 23.3 Å². The van der Waals surface area contributed by atoms with E-state index in [1.165, 1.54) is 4.90 Å². The van der Waals surface area contributed by atoms with Crippen molar-refractivity contribution in [1.29, 1.82) is 5.26 Å². The van der Waals surface area contributed by atoms with Gasteiger partial charge in [-0.2, -0.15) is 5.26 Å². The normalized spacial score (nSPS) is 24.1. The number of ether oxygens (including phenoxy) is 2. The molecule has 35 heavy (non-hydrogen) atoms. The van der Waals surface area contributed by atoms with E-state index in [-0.39, 0.29) is 29.8 Å². The first-order valence-corrected chi connectivity index (χ1v) is 13.2. The number of hydrogen-bond donors (Lipinski definition) is 1. The highest BCUT2D eigenvalue weighted by molar-refractivity contribution is 5.91. The van der Waals surface area contributed by atoms with Crippen LogP contribution in [0.4, 0.5) is 4.79 Å². The number of piperidine rings is 1. The third kappa shape index (κ3) is 7.31. The summed E-state index contributed by atoms with van der Waals surface area (Å²) in [4.78, 5) is 36.4. The number of morpholine rings is 1. The van der Waals surface area contributed by atoms with E-state index in [2.05, 4.69) is 26.3 Å². The second-order valence-corrected chi connectivity index (χ2v) is 10.0. The van der Waals surface area contributed by atoms with E-state index in [4.69, 9.17) is 9.47 Å². The van der Waals surface area contributed by atoms with Gasteiger partial charge in [-0.05, 0) is 51.6 Å². The standard InChI is InChI=1S/C25H42N6O4/c1-4-30(24(29-13-15-34-16-14-29)28-25(33)35-17-19(2)3)22-8-6-5-7-21(22)23(32)31(18-26)20-9-11-27-12-10-20/h19-22,27H,4-17H2,1-3H3. The van der Waals surface area contributed by atoms with Gasteiger partial charge in [0.2, 0.25) is 11.9 Å². The molecule has 2 aliphatic heterocycles. The molecule has 0 radical (unpaired) electrons. The van der Waals surface area contributed by atoms with Gasteiger partial charge in [0.25, 0.3) is 0 Å². The molecule has 2 heterocycles. The summed E-state index contributed by atoms with van der Waals surface area (Å²) < 4.78 is 10.9. The summed E-state index contributed by atoms with van der Waals surface area (Å²) in [7, 11) is 0. The third-order valence-corrected chi connectivity index (χ3v) is 7.09. The number of carbonyl (C=O) groups excluding carboxylic acids is 2. The molecule has 2 saturated heterocycles. The van der Waals surface area contributed by atoms with Crippen molar-refractivity contribution in [3.63, 3.8) is 0 Å². The predicted molar refractivity (Wildman–Crippen MR) is 132 cm³/mol. The number of carbonyl (C=O) groups is 2. The lowest BCUT2D eigenvalue weighted by atomic mass is 9.82. The number of rotatable bonds is 6. The van der Waals surface area contributed by atoms with E-state index in [1.54, 1.807) is 0 Å². The number of hydrogen-bond acceptors (Lipinski definition) is 6. The fourth-order valence-corrected chi connectivity index (χ4v) is 5.28. The van der Waals surface area contributed by atoms with Gasteiger partial charge < -0.3 is 24.6 Å². The molecule has 10 nitrogen and oxygen atoms in total. The number of aliphatic imine (C=N–C) groups is 1. The van der Waals surface area contributed by atoms with Crippen LogP contribution >= 0.6 is 0 Å². The molecule has 196 valence electrons. The lowest BCUT2D eigenvalue weighted by Crippen LogP contribution is -2.57. The SMILES string of the molecule is CCN(C(=NC(=O)OCC(C)C)N1CCOCC1)C1CCCCC1C(=O)N(C#N)C1CCNCC1. The molecule has 1 N–H and O–H groups in total. The van der Waals surface area contributed by atoms with Crippen LogP contribution in [0.3, 0.4) is 0 Å². The summed E-state index contributed by atoms with van der Waals surface area (Å²) in [5.74, 6) is 0.373. The molecule has 2 atom stereocenters. The number of nitriles is 1. The highest BCUT2D eigenvalue weighted by atomic mass is 16.5. The molecule has 3 rings (SSSR count). The maximum atomic E-state index is 13.7. The lowest BCUT2D eigenvalue weighted by molar-refractivity contribution is -0.137. The van der Waals surface area contributed by atoms with Gasteiger partial charge in [-0.15, -0.1) is 4.99 Å². The summed E-state index contributed by atoms with van der Waals surface area (Å²) >= 11 is 0. The topological polar surface area (TPSA) is 110 Å². The van der Waals surface area contributed by atoms with Gasteiger partial charge >= 0.3 is 6.09 Å². The molecular formula is C25H42N6O4. The number of amides is 2. The van der Waals surface area contributed by atoms with Crippen molar-refractivity contribution in [2.75, 3.05) is 52.5 Å². The molecule has 10 heteroatoms.